The molecule has 0 aliphatic carbocycles. The molecule has 1 aliphatic rings. The molecule has 1 aliphatic heterocycles. The second-order valence-corrected chi connectivity index (χ2v) is 7.35. The summed E-state index contributed by atoms with van der Waals surface area (Å²) < 4.78 is 13.6. The number of amidine groups is 1. The standard InChI is InChI=1S/C20H28FN3O2S/c1-14(2)9-8-12-16(21)11-7-5-6-10-15(3)27-20(22-4)24-19(26)18-17(13-25)23-18/h5-6,8-10,12,17-18,23,25H,1,7,11,13H2,2-4H3,(H,22,24,26)/b6-5-,9-8-,15-10+,16-12+/t17?,18-/m0/s1. The molecule has 1 heterocycles. The van der Waals surface area contributed by atoms with Crippen LogP contribution in [0.15, 0.2) is 64.3 Å². The zero-order chi connectivity index (χ0) is 20.2. The lowest BCUT2D eigenvalue weighted by atomic mass is 10.2. The first-order valence-electron chi connectivity index (χ1n) is 8.71. The summed E-state index contributed by atoms with van der Waals surface area (Å²) in [6.45, 7) is 7.41. The molecule has 7 heteroatoms. The lowest BCUT2D eigenvalue weighted by molar-refractivity contribution is -0.119. The summed E-state index contributed by atoms with van der Waals surface area (Å²) in [4.78, 5) is 16.9. The minimum Gasteiger partial charge on any atom is -0.395 e. The number of thioether (sulfide) groups is 1. The number of nitrogens with zero attached hydrogens (tertiary/aromatic N) is 1. The van der Waals surface area contributed by atoms with E-state index in [2.05, 4.69) is 22.2 Å². The Balaban J connectivity index is 2.36. The van der Waals surface area contributed by atoms with Crippen molar-refractivity contribution in [3.63, 3.8) is 0 Å². The average molecular weight is 394 g/mol. The molecule has 5 nitrogen and oxygen atoms in total. The van der Waals surface area contributed by atoms with Crippen LogP contribution >= 0.6 is 11.8 Å². The van der Waals surface area contributed by atoms with Gasteiger partial charge < -0.3 is 10.4 Å². The van der Waals surface area contributed by atoms with Gasteiger partial charge in [0.2, 0.25) is 5.91 Å². The van der Waals surface area contributed by atoms with E-state index in [1.165, 1.54) is 17.8 Å². The normalized spacial score (nSPS) is 21.1. The number of rotatable bonds is 9. The Morgan fingerprint density at radius 1 is 1.37 bits per heavy atom. The van der Waals surface area contributed by atoms with Crippen LogP contribution in [0.2, 0.25) is 0 Å². The highest BCUT2D eigenvalue weighted by atomic mass is 32.2. The minimum absolute atomic E-state index is 0.0620. The SMILES string of the molecule is C=C(C)/C=C\C=C(\F)CC/C=C\C=C(/C)SC(=NC)NC(=O)[C@H]1NC1CO. The largest absolute Gasteiger partial charge is 0.395 e. The van der Waals surface area contributed by atoms with Crippen molar-refractivity contribution in [3.05, 3.63) is 59.3 Å². The lowest BCUT2D eigenvalue weighted by Gasteiger charge is -2.06. The third-order valence-corrected chi connectivity index (χ3v) is 4.47. The molecule has 1 fully saturated rings. The van der Waals surface area contributed by atoms with Gasteiger partial charge in [0.05, 0.1) is 12.6 Å². The van der Waals surface area contributed by atoms with Crippen molar-refractivity contribution in [2.24, 2.45) is 4.99 Å². The van der Waals surface area contributed by atoms with E-state index < -0.39 is 0 Å². The first-order valence-corrected chi connectivity index (χ1v) is 9.53. The van der Waals surface area contributed by atoms with Gasteiger partial charge in [0.15, 0.2) is 5.17 Å². The van der Waals surface area contributed by atoms with Gasteiger partial charge >= 0.3 is 0 Å². The molecule has 0 spiro atoms. The molecule has 2 atom stereocenters. The molecule has 148 valence electrons. The summed E-state index contributed by atoms with van der Waals surface area (Å²) >= 11 is 1.34. The fourth-order valence-corrected chi connectivity index (χ4v) is 2.70. The second kappa shape index (κ2) is 12.4. The van der Waals surface area contributed by atoms with Crippen LogP contribution in [0.25, 0.3) is 0 Å². The van der Waals surface area contributed by atoms with Crippen LogP contribution in [-0.4, -0.2) is 41.9 Å². The number of halogens is 1. The fourth-order valence-electron chi connectivity index (χ4n) is 2.01. The van der Waals surface area contributed by atoms with E-state index in [9.17, 15) is 9.18 Å². The predicted octanol–water partition coefficient (Wildman–Crippen LogP) is 3.38. The highest BCUT2D eigenvalue weighted by Crippen LogP contribution is 2.17. The van der Waals surface area contributed by atoms with Crippen LogP contribution in [0.4, 0.5) is 4.39 Å². The van der Waals surface area contributed by atoms with Crippen molar-refractivity contribution in [3.8, 4) is 0 Å². The molecule has 0 aromatic heterocycles. The van der Waals surface area contributed by atoms with E-state index >= 15 is 0 Å². The van der Waals surface area contributed by atoms with Gasteiger partial charge in [0.25, 0.3) is 0 Å². The van der Waals surface area contributed by atoms with Crippen LogP contribution in [0.3, 0.4) is 0 Å². The number of aliphatic imine (C=N–C) groups is 1. The van der Waals surface area contributed by atoms with Gasteiger partial charge in [0.1, 0.15) is 11.9 Å². The third kappa shape index (κ3) is 10.1. The van der Waals surface area contributed by atoms with E-state index in [0.717, 1.165) is 10.5 Å². The van der Waals surface area contributed by atoms with E-state index in [-0.39, 0.29) is 30.4 Å². The number of aliphatic hydroxyl groups excluding tert-OH is 1. The Morgan fingerprint density at radius 3 is 2.70 bits per heavy atom. The Labute approximate surface area is 164 Å². The Morgan fingerprint density at radius 2 is 2.11 bits per heavy atom. The van der Waals surface area contributed by atoms with Crippen molar-refractivity contribution in [2.45, 2.75) is 38.8 Å². The zero-order valence-corrected chi connectivity index (χ0v) is 16.9. The van der Waals surface area contributed by atoms with Gasteiger partial charge in [-0.2, -0.15) is 0 Å². The number of amides is 1. The quantitative estimate of drug-likeness (QED) is 0.243. The van der Waals surface area contributed by atoms with Crippen LogP contribution in [0.1, 0.15) is 26.7 Å². The van der Waals surface area contributed by atoms with E-state index in [1.807, 2.05) is 32.1 Å². The molecular weight excluding hydrogens is 365 g/mol. The Hall–Kier alpha value is -1.96. The highest BCUT2D eigenvalue weighted by Gasteiger charge is 2.41. The first kappa shape index (κ1) is 23.1. The summed E-state index contributed by atoms with van der Waals surface area (Å²) in [7, 11) is 1.60. The molecule has 0 radical (unpaired) electrons. The molecule has 0 aromatic carbocycles. The average Bonchev–Trinajstić information content (AvgIpc) is 3.40. The molecule has 1 saturated heterocycles. The van der Waals surface area contributed by atoms with Gasteiger partial charge in [-0.25, -0.2) is 4.39 Å². The van der Waals surface area contributed by atoms with Crippen LogP contribution < -0.4 is 10.6 Å². The number of carbonyl (C=O) groups excluding carboxylic acids is 1. The minimum atomic E-state index is -0.357. The number of hydrogen-bond acceptors (Lipinski definition) is 5. The number of nitrogens with one attached hydrogen (secondary N) is 2. The maximum absolute atomic E-state index is 13.6. The third-order valence-electron chi connectivity index (χ3n) is 3.53. The molecule has 1 rings (SSSR count). The molecule has 0 bridgehead atoms. The van der Waals surface area contributed by atoms with Crippen molar-refractivity contribution in [1.29, 1.82) is 0 Å². The van der Waals surface area contributed by atoms with E-state index in [4.69, 9.17) is 5.11 Å². The number of hydrogen-bond donors (Lipinski definition) is 3. The Kier molecular flexibility index (Phi) is 10.6. The van der Waals surface area contributed by atoms with Gasteiger partial charge in [0, 0.05) is 13.5 Å². The molecule has 3 N–H and O–H groups in total. The molecule has 1 amide bonds. The highest BCUT2D eigenvalue weighted by molar-refractivity contribution is 8.17. The van der Waals surface area contributed by atoms with Crippen LogP contribution in [0, 0.1) is 0 Å². The van der Waals surface area contributed by atoms with E-state index in [1.54, 1.807) is 19.2 Å². The lowest BCUT2D eigenvalue weighted by Crippen LogP contribution is -2.34. The molecule has 0 saturated carbocycles. The van der Waals surface area contributed by atoms with Crippen molar-refractivity contribution >= 4 is 22.8 Å². The molecule has 27 heavy (non-hydrogen) atoms. The van der Waals surface area contributed by atoms with Crippen LogP contribution in [-0.2, 0) is 4.79 Å². The number of carbonyl (C=O) groups is 1. The summed E-state index contributed by atoms with van der Waals surface area (Å²) in [6, 6.07) is -0.525. The Bertz CT molecular complexity index is 681. The van der Waals surface area contributed by atoms with Crippen molar-refractivity contribution in [2.75, 3.05) is 13.7 Å². The maximum atomic E-state index is 13.6. The molecule has 1 unspecified atom stereocenters. The fraction of sp³-hybridized carbons (Fsp3) is 0.400. The summed E-state index contributed by atoms with van der Waals surface area (Å²) in [5, 5.41) is 15.1. The molecule has 0 aromatic rings. The van der Waals surface area contributed by atoms with Gasteiger partial charge in [-0.3, -0.25) is 15.1 Å². The smallest absolute Gasteiger partial charge is 0.244 e. The zero-order valence-electron chi connectivity index (χ0n) is 16.0. The summed E-state index contributed by atoms with van der Waals surface area (Å²) in [6.07, 6.45) is 11.4. The topological polar surface area (TPSA) is 83.6 Å². The van der Waals surface area contributed by atoms with Crippen molar-refractivity contribution in [1.82, 2.24) is 10.6 Å². The number of aliphatic hydroxyl groups is 1. The summed E-state index contributed by atoms with van der Waals surface area (Å²) in [5.74, 6) is -0.376. The van der Waals surface area contributed by atoms with Gasteiger partial charge in [-0.05, 0) is 31.2 Å². The maximum Gasteiger partial charge on any atom is 0.244 e. The van der Waals surface area contributed by atoms with E-state index in [0.29, 0.717) is 18.0 Å². The predicted molar refractivity (Wildman–Crippen MR) is 112 cm³/mol. The van der Waals surface area contributed by atoms with Crippen LogP contribution in [0.5, 0.6) is 0 Å². The summed E-state index contributed by atoms with van der Waals surface area (Å²) in [5.41, 5.74) is 0.879. The van der Waals surface area contributed by atoms with Crippen molar-refractivity contribution < 1.29 is 14.3 Å². The first-order chi connectivity index (χ1) is 12.9. The van der Waals surface area contributed by atoms with Gasteiger partial charge in [-0.1, -0.05) is 54.3 Å². The van der Waals surface area contributed by atoms with Gasteiger partial charge in [-0.15, -0.1) is 0 Å². The number of allylic oxidation sites excluding steroid dienone is 9. The molecular formula is C20H28FN3O2S. The monoisotopic (exact) mass is 393 g/mol. The second-order valence-electron chi connectivity index (χ2n) is 6.12.